The third-order valence-electron chi connectivity index (χ3n) is 4.21. The van der Waals surface area contributed by atoms with E-state index in [-0.39, 0.29) is 11.3 Å². The maximum atomic E-state index is 13.5. The molecule has 2 aromatic rings. The van der Waals surface area contributed by atoms with Gasteiger partial charge in [-0.05, 0) is 30.2 Å². The summed E-state index contributed by atoms with van der Waals surface area (Å²) < 4.78 is 13.5. The largest absolute Gasteiger partial charge is 0.390 e. The Kier molecular flexibility index (Phi) is 4.31. The Morgan fingerprint density at radius 3 is 2.67 bits per heavy atom. The van der Waals surface area contributed by atoms with Crippen molar-refractivity contribution in [3.63, 3.8) is 0 Å². The number of benzene rings is 2. The van der Waals surface area contributed by atoms with Gasteiger partial charge in [-0.1, -0.05) is 30.3 Å². The molecule has 6 heteroatoms. The highest BCUT2D eigenvalue weighted by Crippen LogP contribution is 2.31. The maximum Gasteiger partial charge on any atom is 0.313 e. The normalized spacial score (nSPS) is 18.8. The van der Waals surface area contributed by atoms with Gasteiger partial charge in [-0.25, -0.2) is 4.39 Å². The standard InChI is InChI=1S/C18H17FN2O3/c1-10-13(19)7-4-8-14(10)20-17(23)18(24)21-16-12-6-3-2-5-11(12)9-15(16)22/h2-8,15-16,22H,9H2,1H3,(H,20,23)(H,21,24). The summed E-state index contributed by atoms with van der Waals surface area (Å²) >= 11 is 0. The monoisotopic (exact) mass is 328 g/mol. The summed E-state index contributed by atoms with van der Waals surface area (Å²) in [6.07, 6.45) is -0.360. The summed E-state index contributed by atoms with van der Waals surface area (Å²) in [5.41, 5.74) is 2.23. The highest BCUT2D eigenvalue weighted by Gasteiger charge is 2.33. The van der Waals surface area contributed by atoms with Crippen LogP contribution in [-0.2, 0) is 16.0 Å². The van der Waals surface area contributed by atoms with Crippen molar-refractivity contribution in [1.29, 1.82) is 0 Å². The first-order valence-electron chi connectivity index (χ1n) is 7.60. The van der Waals surface area contributed by atoms with E-state index in [1.54, 1.807) is 0 Å². The first kappa shape index (κ1) is 16.1. The quantitative estimate of drug-likeness (QED) is 0.736. The summed E-state index contributed by atoms with van der Waals surface area (Å²) in [6, 6.07) is 11.0. The smallest absolute Gasteiger partial charge is 0.313 e. The molecule has 2 atom stereocenters. The zero-order valence-corrected chi connectivity index (χ0v) is 13.0. The molecule has 1 aliphatic carbocycles. The number of halogens is 1. The second-order valence-corrected chi connectivity index (χ2v) is 5.79. The highest BCUT2D eigenvalue weighted by atomic mass is 19.1. The van der Waals surface area contributed by atoms with E-state index >= 15 is 0 Å². The van der Waals surface area contributed by atoms with Crippen molar-refractivity contribution < 1.29 is 19.1 Å². The van der Waals surface area contributed by atoms with Crippen LogP contribution in [-0.4, -0.2) is 23.0 Å². The number of rotatable bonds is 2. The van der Waals surface area contributed by atoms with E-state index in [1.807, 2.05) is 24.3 Å². The van der Waals surface area contributed by atoms with Crippen LogP contribution in [0.1, 0.15) is 22.7 Å². The van der Waals surface area contributed by atoms with Crippen LogP contribution in [0.4, 0.5) is 10.1 Å². The number of hydrogen-bond acceptors (Lipinski definition) is 3. The molecule has 0 bridgehead atoms. The van der Waals surface area contributed by atoms with Gasteiger partial charge in [-0.15, -0.1) is 0 Å². The predicted octanol–water partition coefficient (Wildman–Crippen LogP) is 1.85. The third-order valence-corrected chi connectivity index (χ3v) is 4.21. The fraction of sp³-hybridized carbons (Fsp3) is 0.222. The van der Waals surface area contributed by atoms with Gasteiger partial charge in [-0.2, -0.15) is 0 Å². The first-order chi connectivity index (χ1) is 11.5. The summed E-state index contributed by atoms with van der Waals surface area (Å²) in [4.78, 5) is 24.2. The minimum Gasteiger partial charge on any atom is -0.390 e. The molecule has 2 amide bonds. The molecule has 2 unspecified atom stereocenters. The Morgan fingerprint density at radius 1 is 1.12 bits per heavy atom. The fourth-order valence-electron chi connectivity index (χ4n) is 2.88. The molecule has 3 N–H and O–H groups in total. The van der Waals surface area contributed by atoms with E-state index < -0.39 is 29.8 Å². The average molecular weight is 328 g/mol. The van der Waals surface area contributed by atoms with Crippen molar-refractivity contribution >= 4 is 17.5 Å². The lowest BCUT2D eigenvalue weighted by molar-refractivity contribution is -0.137. The molecular formula is C18H17FN2O3. The Morgan fingerprint density at radius 2 is 1.88 bits per heavy atom. The molecule has 0 aromatic heterocycles. The lowest BCUT2D eigenvalue weighted by Gasteiger charge is -2.18. The van der Waals surface area contributed by atoms with Gasteiger partial charge in [0.1, 0.15) is 5.82 Å². The molecular weight excluding hydrogens is 311 g/mol. The second kappa shape index (κ2) is 6.41. The van der Waals surface area contributed by atoms with Gasteiger partial charge in [0.15, 0.2) is 0 Å². The number of amides is 2. The van der Waals surface area contributed by atoms with Crippen LogP contribution in [0.3, 0.4) is 0 Å². The lowest BCUT2D eigenvalue weighted by Crippen LogP contribution is -2.40. The highest BCUT2D eigenvalue weighted by molar-refractivity contribution is 6.39. The predicted molar refractivity (Wildman–Crippen MR) is 86.8 cm³/mol. The number of aliphatic hydroxyl groups excluding tert-OH is 1. The van der Waals surface area contributed by atoms with Crippen molar-refractivity contribution in [2.75, 3.05) is 5.32 Å². The zero-order valence-electron chi connectivity index (χ0n) is 13.0. The van der Waals surface area contributed by atoms with Gasteiger partial charge in [0, 0.05) is 17.7 Å². The van der Waals surface area contributed by atoms with Crippen molar-refractivity contribution in [2.45, 2.75) is 25.5 Å². The molecule has 24 heavy (non-hydrogen) atoms. The molecule has 0 aliphatic heterocycles. The second-order valence-electron chi connectivity index (χ2n) is 5.79. The van der Waals surface area contributed by atoms with E-state index in [2.05, 4.69) is 10.6 Å². The van der Waals surface area contributed by atoms with E-state index in [9.17, 15) is 19.1 Å². The topological polar surface area (TPSA) is 78.4 Å². The molecule has 5 nitrogen and oxygen atoms in total. The third kappa shape index (κ3) is 3.00. The van der Waals surface area contributed by atoms with Crippen LogP contribution < -0.4 is 10.6 Å². The van der Waals surface area contributed by atoms with Crippen molar-refractivity contribution in [2.24, 2.45) is 0 Å². The lowest BCUT2D eigenvalue weighted by atomic mass is 10.1. The van der Waals surface area contributed by atoms with Crippen molar-refractivity contribution in [1.82, 2.24) is 5.32 Å². The Balaban J connectivity index is 1.71. The van der Waals surface area contributed by atoms with Crippen LogP contribution in [0.15, 0.2) is 42.5 Å². The van der Waals surface area contributed by atoms with Crippen molar-refractivity contribution in [3.8, 4) is 0 Å². The molecule has 1 aliphatic rings. The van der Waals surface area contributed by atoms with Gasteiger partial charge in [0.2, 0.25) is 0 Å². The number of carbonyl (C=O) groups excluding carboxylic acids is 2. The number of aliphatic hydroxyl groups is 1. The molecule has 124 valence electrons. The molecule has 3 rings (SSSR count). The van der Waals surface area contributed by atoms with Gasteiger partial charge < -0.3 is 15.7 Å². The molecule has 0 heterocycles. The van der Waals surface area contributed by atoms with Crippen molar-refractivity contribution in [3.05, 3.63) is 65.0 Å². The Bertz CT molecular complexity index is 807. The molecule has 2 aromatic carbocycles. The van der Waals surface area contributed by atoms with E-state index in [0.717, 1.165) is 11.1 Å². The van der Waals surface area contributed by atoms with Crippen LogP contribution in [0, 0.1) is 12.7 Å². The SMILES string of the molecule is Cc1c(F)cccc1NC(=O)C(=O)NC1c2ccccc2CC1O. The minimum absolute atomic E-state index is 0.238. The molecule has 0 radical (unpaired) electrons. The number of hydrogen-bond donors (Lipinski definition) is 3. The summed E-state index contributed by atoms with van der Waals surface area (Å²) in [7, 11) is 0. The van der Waals surface area contributed by atoms with Gasteiger partial charge in [0.25, 0.3) is 0 Å². The number of carbonyl (C=O) groups is 2. The zero-order chi connectivity index (χ0) is 17.3. The summed E-state index contributed by atoms with van der Waals surface area (Å²) in [6.45, 7) is 1.51. The number of anilines is 1. The molecule has 0 saturated heterocycles. The Labute approximate surface area is 138 Å². The van der Waals surface area contributed by atoms with Gasteiger partial charge >= 0.3 is 11.8 Å². The fourth-order valence-corrected chi connectivity index (χ4v) is 2.88. The molecule has 0 spiro atoms. The van der Waals surface area contributed by atoms with E-state index in [1.165, 1.54) is 25.1 Å². The van der Waals surface area contributed by atoms with Crippen LogP contribution in [0.25, 0.3) is 0 Å². The van der Waals surface area contributed by atoms with Gasteiger partial charge in [-0.3, -0.25) is 9.59 Å². The molecule has 0 saturated carbocycles. The maximum absolute atomic E-state index is 13.5. The molecule has 0 fully saturated rings. The van der Waals surface area contributed by atoms with E-state index in [4.69, 9.17) is 0 Å². The van der Waals surface area contributed by atoms with Crippen LogP contribution in [0.5, 0.6) is 0 Å². The van der Waals surface area contributed by atoms with Gasteiger partial charge in [0.05, 0.1) is 12.1 Å². The number of fused-ring (bicyclic) bond motifs is 1. The average Bonchev–Trinajstić information content (AvgIpc) is 2.87. The first-order valence-corrected chi connectivity index (χ1v) is 7.60. The number of nitrogens with one attached hydrogen (secondary N) is 2. The Hall–Kier alpha value is -2.73. The minimum atomic E-state index is -0.903. The van der Waals surface area contributed by atoms with E-state index in [0.29, 0.717) is 6.42 Å². The summed E-state index contributed by atoms with van der Waals surface area (Å²) in [5, 5.41) is 15.1. The van der Waals surface area contributed by atoms with Crippen LogP contribution in [0.2, 0.25) is 0 Å². The van der Waals surface area contributed by atoms with Crippen LogP contribution >= 0.6 is 0 Å². The summed E-state index contributed by atoms with van der Waals surface area (Å²) in [5.74, 6) is -2.24.